The van der Waals surface area contributed by atoms with Gasteiger partial charge in [-0.1, -0.05) is 6.92 Å². The van der Waals surface area contributed by atoms with E-state index >= 15 is 0 Å². The molecule has 1 fully saturated rings. The van der Waals surface area contributed by atoms with E-state index in [1.165, 1.54) is 0 Å². The first-order valence-electron chi connectivity index (χ1n) is 4.19. The van der Waals surface area contributed by atoms with E-state index in [1.54, 1.807) is 0 Å². The Kier molecular flexibility index (Phi) is 2.88. The second kappa shape index (κ2) is 3.72. The molecule has 0 saturated carbocycles. The summed E-state index contributed by atoms with van der Waals surface area (Å²) in [4.78, 5) is 10.7. The third kappa shape index (κ3) is 1.93. The monoisotopic (exact) mass is 157 g/mol. The van der Waals surface area contributed by atoms with E-state index < -0.39 is 5.97 Å². The van der Waals surface area contributed by atoms with Crippen LogP contribution in [0.3, 0.4) is 0 Å². The van der Waals surface area contributed by atoms with Crippen LogP contribution in [0, 0.1) is 11.8 Å². The summed E-state index contributed by atoms with van der Waals surface area (Å²) in [6.07, 6.45) is 1.77. The maximum absolute atomic E-state index is 10.7. The van der Waals surface area contributed by atoms with Crippen LogP contribution in [0.4, 0.5) is 0 Å². The Hall–Kier alpha value is -0.570. The number of hydrogen-bond donors (Lipinski definition) is 2. The topological polar surface area (TPSA) is 49.3 Å². The first kappa shape index (κ1) is 8.53. The van der Waals surface area contributed by atoms with Crippen molar-refractivity contribution in [1.82, 2.24) is 5.32 Å². The maximum atomic E-state index is 10.7. The molecule has 1 unspecified atom stereocenters. The third-order valence-electron chi connectivity index (χ3n) is 2.42. The summed E-state index contributed by atoms with van der Waals surface area (Å²) in [5.74, 6) is -0.413. The molecule has 0 aromatic rings. The molecule has 0 aliphatic carbocycles. The van der Waals surface area contributed by atoms with E-state index in [0.717, 1.165) is 25.9 Å². The smallest absolute Gasteiger partial charge is 0.306 e. The molecule has 11 heavy (non-hydrogen) atoms. The largest absolute Gasteiger partial charge is 0.481 e. The lowest BCUT2D eigenvalue weighted by Gasteiger charge is -2.15. The van der Waals surface area contributed by atoms with Crippen molar-refractivity contribution < 1.29 is 9.90 Å². The van der Waals surface area contributed by atoms with E-state index in [2.05, 4.69) is 5.32 Å². The molecule has 0 aromatic carbocycles. The summed E-state index contributed by atoms with van der Waals surface area (Å²) in [5, 5.41) is 12.0. The minimum atomic E-state index is -0.638. The van der Waals surface area contributed by atoms with Gasteiger partial charge < -0.3 is 10.4 Å². The first-order valence-corrected chi connectivity index (χ1v) is 4.19. The average molecular weight is 157 g/mol. The van der Waals surface area contributed by atoms with Gasteiger partial charge in [0.05, 0.1) is 5.92 Å². The standard InChI is InChI=1S/C8H15NO2/c1-2-7(8(10)11)6-3-4-9-5-6/h6-7,9H,2-5H2,1H3,(H,10,11)/t6-,7?/m1/s1. The summed E-state index contributed by atoms with van der Waals surface area (Å²) in [6, 6.07) is 0. The Morgan fingerprint density at radius 1 is 1.82 bits per heavy atom. The van der Waals surface area contributed by atoms with Gasteiger partial charge in [0.15, 0.2) is 0 Å². The average Bonchev–Trinajstić information content (AvgIpc) is 2.40. The Morgan fingerprint density at radius 3 is 2.91 bits per heavy atom. The molecule has 0 radical (unpaired) electrons. The molecule has 2 N–H and O–H groups in total. The van der Waals surface area contributed by atoms with Crippen LogP contribution in [0.25, 0.3) is 0 Å². The number of rotatable bonds is 3. The third-order valence-corrected chi connectivity index (χ3v) is 2.42. The van der Waals surface area contributed by atoms with Crippen LogP contribution in [0.1, 0.15) is 19.8 Å². The Labute approximate surface area is 66.8 Å². The van der Waals surface area contributed by atoms with Gasteiger partial charge in [-0.05, 0) is 31.8 Å². The van der Waals surface area contributed by atoms with Crippen LogP contribution in [-0.4, -0.2) is 24.2 Å². The predicted molar refractivity (Wildman–Crippen MR) is 42.4 cm³/mol. The molecule has 0 spiro atoms. The van der Waals surface area contributed by atoms with Crippen molar-refractivity contribution in [2.75, 3.05) is 13.1 Å². The van der Waals surface area contributed by atoms with Gasteiger partial charge >= 0.3 is 5.97 Å². The molecule has 1 heterocycles. The fraction of sp³-hybridized carbons (Fsp3) is 0.875. The van der Waals surface area contributed by atoms with Crippen molar-refractivity contribution in [3.05, 3.63) is 0 Å². The summed E-state index contributed by atoms with van der Waals surface area (Å²) >= 11 is 0. The number of carbonyl (C=O) groups is 1. The normalized spacial score (nSPS) is 26.8. The predicted octanol–water partition coefficient (Wildman–Crippen LogP) is 0.707. The number of hydrogen-bond acceptors (Lipinski definition) is 2. The van der Waals surface area contributed by atoms with Crippen molar-refractivity contribution in [2.45, 2.75) is 19.8 Å². The molecule has 64 valence electrons. The van der Waals surface area contributed by atoms with Gasteiger partial charge in [0, 0.05) is 0 Å². The van der Waals surface area contributed by atoms with Crippen LogP contribution < -0.4 is 5.32 Å². The quantitative estimate of drug-likeness (QED) is 0.634. The second-order valence-electron chi connectivity index (χ2n) is 3.11. The molecule has 1 aliphatic heterocycles. The van der Waals surface area contributed by atoms with Crippen LogP contribution in [0.5, 0.6) is 0 Å². The molecular weight excluding hydrogens is 142 g/mol. The van der Waals surface area contributed by atoms with Crippen LogP contribution in [0.15, 0.2) is 0 Å². The molecule has 2 atom stereocenters. The number of nitrogens with one attached hydrogen (secondary N) is 1. The van der Waals surface area contributed by atoms with Gasteiger partial charge in [-0.15, -0.1) is 0 Å². The minimum absolute atomic E-state index is 0.134. The highest BCUT2D eigenvalue weighted by Crippen LogP contribution is 2.21. The van der Waals surface area contributed by atoms with Crippen LogP contribution in [-0.2, 0) is 4.79 Å². The lowest BCUT2D eigenvalue weighted by molar-refractivity contribution is -0.143. The fourth-order valence-corrected chi connectivity index (χ4v) is 1.73. The highest BCUT2D eigenvalue weighted by atomic mass is 16.4. The molecule has 0 aromatic heterocycles. The number of aliphatic carboxylic acids is 1. The van der Waals surface area contributed by atoms with Crippen molar-refractivity contribution in [3.63, 3.8) is 0 Å². The van der Waals surface area contributed by atoms with Crippen molar-refractivity contribution in [2.24, 2.45) is 11.8 Å². The van der Waals surface area contributed by atoms with Crippen molar-refractivity contribution in [3.8, 4) is 0 Å². The first-order chi connectivity index (χ1) is 5.25. The SMILES string of the molecule is CCC(C(=O)O)[C@@H]1CCNC1. The Morgan fingerprint density at radius 2 is 2.55 bits per heavy atom. The molecule has 0 amide bonds. The van der Waals surface area contributed by atoms with E-state index in [-0.39, 0.29) is 5.92 Å². The summed E-state index contributed by atoms with van der Waals surface area (Å²) in [6.45, 7) is 3.80. The van der Waals surface area contributed by atoms with Gasteiger partial charge in [-0.2, -0.15) is 0 Å². The molecular formula is C8H15NO2. The van der Waals surface area contributed by atoms with Crippen LogP contribution >= 0.6 is 0 Å². The molecule has 1 rings (SSSR count). The zero-order valence-corrected chi connectivity index (χ0v) is 6.84. The van der Waals surface area contributed by atoms with E-state index in [9.17, 15) is 4.79 Å². The summed E-state index contributed by atoms with van der Waals surface area (Å²) in [7, 11) is 0. The van der Waals surface area contributed by atoms with E-state index in [4.69, 9.17) is 5.11 Å². The zero-order valence-electron chi connectivity index (χ0n) is 6.84. The van der Waals surface area contributed by atoms with Gasteiger partial charge in [0.1, 0.15) is 0 Å². The Balaban J connectivity index is 2.46. The minimum Gasteiger partial charge on any atom is -0.481 e. The lowest BCUT2D eigenvalue weighted by atomic mass is 9.89. The molecule has 3 heteroatoms. The molecule has 1 aliphatic rings. The summed E-state index contributed by atoms with van der Waals surface area (Å²) < 4.78 is 0. The lowest BCUT2D eigenvalue weighted by Crippen LogP contribution is -2.24. The van der Waals surface area contributed by atoms with Gasteiger partial charge in [-0.25, -0.2) is 0 Å². The van der Waals surface area contributed by atoms with Gasteiger partial charge in [-0.3, -0.25) is 4.79 Å². The van der Waals surface area contributed by atoms with Crippen molar-refractivity contribution >= 4 is 5.97 Å². The van der Waals surface area contributed by atoms with Crippen molar-refractivity contribution in [1.29, 1.82) is 0 Å². The van der Waals surface area contributed by atoms with Crippen LogP contribution in [0.2, 0.25) is 0 Å². The maximum Gasteiger partial charge on any atom is 0.306 e. The molecule has 0 bridgehead atoms. The number of carboxylic acid groups (broad SMARTS) is 1. The molecule has 1 saturated heterocycles. The Bertz CT molecular complexity index is 141. The van der Waals surface area contributed by atoms with Gasteiger partial charge in [0.25, 0.3) is 0 Å². The number of carboxylic acids is 1. The highest BCUT2D eigenvalue weighted by molar-refractivity contribution is 5.70. The second-order valence-corrected chi connectivity index (χ2v) is 3.11. The highest BCUT2D eigenvalue weighted by Gasteiger charge is 2.28. The van der Waals surface area contributed by atoms with E-state index in [1.807, 2.05) is 6.92 Å². The van der Waals surface area contributed by atoms with E-state index in [0.29, 0.717) is 5.92 Å². The summed E-state index contributed by atoms with van der Waals surface area (Å²) in [5.41, 5.74) is 0. The molecule has 3 nitrogen and oxygen atoms in total. The zero-order chi connectivity index (χ0) is 8.27. The van der Waals surface area contributed by atoms with Gasteiger partial charge in [0.2, 0.25) is 0 Å². The fourth-order valence-electron chi connectivity index (χ4n) is 1.73.